The average molecular weight is 318 g/mol. The van der Waals surface area contributed by atoms with Crippen LogP contribution in [0.1, 0.15) is 29.7 Å². The van der Waals surface area contributed by atoms with Gasteiger partial charge in [-0.1, -0.05) is 29.8 Å². The number of anilines is 1. The number of hydrogen-bond acceptors (Lipinski definition) is 4. The van der Waals surface area contributed by atoms with Gasteiger partial charge in [0.1, 0.15) is 0 Å². The molecule has 2 N–H and O–H groups in total. The van der Waals surface area contributed by atoms with Crippen molar-refractivity contribution in [2.24, 2.45) is 0 Å². The molecule has 1 amide bonds. The fourth-order valence-electron chi connectivity index (χ4n) is 2.01. The molecule has 0 atom stereocenters. The summed E-state index contributed by atoms with van der Waals surface area (Å²) in [4.78, 5) is 27.7. The first-order valence-corrected chi connectivity index (χ1v) is 7.83. The summed E-state index contributed by atoms with van der Waals surface area (Å²) in [5.74, 6) is -1.09. The number of aromatic nitrogens is 1. The van der Waals surface area contributed by atoms with Crippen LogP contribution in [-0.4, -0.2) is 22.0 Å². The number of carbonyl (C=O) groups excluding carboxylic acids is 1. The second-order valence-corrected chi connectivity index (χ2v) is 6.29. The van der Waals surface area contributed by atoms with Crippen molar-refractivity contribution in [1.82, 2.24) is 4.98 Å². The zero-order valence-electron chi connectivity index (χ0n) is 12.5. The molecule has 0 spiro atoms. The van der Waals surface area contributed by atoms with E-state index in [0.29, 0.717) is 11.6 Å². The van der Waals surface area contributed by atoms with E-state index >= 15 is 0 Å². The maximum absolute atomic E-state index is 11.8. The minimum absolute atomic E-state index is 0.00106. The summed E-state index contributed by atoms with van der Waals surface area (Å²) in [7, 11) is 0. The summed E-state index contributed by atoms with van der Waals surface area (Å²) < 4.78 is 0. The summed E-state index contributed by atoms with van der Waals surface area (Å²) in [5.41, 5.74) is 3.07. The molecule has 2 aromatic rings. The predicted octanol–water partition coefficient (Wildman–Crippen LogP) is 3.62. The molecule has 1 heterocycles. The van der Waals surface area contributed by atoms with E-state index in [0.717, 1.165) is 16.1 Å². The number of carbonyl (C=O) groups is 2. The first kappa shape index (κ1) is 16.2. The second kappa shape index (κ2) is 7.17. The largest absolute Gasteiger partial charge is 0.481 e. The number of aliphatic carboxylic acids is 1. The van der Waals surface area contributed by atoms with Crippen LogP contribution in [0, 0.1) is 13.8 Å². The van der Waals surface area contributed by atoms with E-state index in [4.69, 9.17) is 5.11 Å². The van der Waals surface area contributed by atoms with Crippen LogP contribution in [0.2, 0.25) is 0 Å². The number of benzene rings is 1. The Morgan fingerprint density at radius 3 is 2.50 bits per heavy atom. The van der Waals surface area contributed by atoms with Crippen LogP contribution in [0.25, 0.3) is 11.3 Å². The van der Waals surface area contributed by atoms with Crippen molar-refractivity contribution in [2.45, 2.75) is 33.1 Å². The van der Waals surface area contributed by atoms with Crippen molar-refractivity contribution in [3.63, 3.8) is 0 Å². The van der Waals surface area contributed by atoms with Gasteiger partial charge in [0.05, 0.1) is 5.69 Å². The van der Waals surface area contributed by atoms with Crippen molar-refractivity contribution in [3.8, 4) is 11.3 Å². The van der Waals surface area contributed by atoms with Gasteiger partial charge in [0.15, 0.2) is 5.13 Å². The summed E-state index contributed by atoms with van der Waals surface area (Å²) in [6, 6.07) is 8.07. The lowest BCUT2D eigenvalue weighted by Crippen LogP contribution is -2.11. The van der Waals surface area contributed by atoms with Crippen LogP contribution < -0.4 is 5.32 Å². The van der Waals surface area contributed by atoms with Gasteiger partial charge < -0.3 is 10.4 Å². The van der Waals surface area contributed by atoms with E-state index in [-0.39, 0.29) is 18.7 Å². The van der Waals surface area contributed by atoms with Gasteiger partial charge in [0.25, 0.3) is 0 Å². The number of hydrogen-bond donors (Lipinski definition) is 2. The third-order valence-corrected chi connectivity index (χ3v) is 4.05. The molecule has 2 rings (SSSR count). The molecule has 5 nitrogen and oxygen atoms in total. The minimum atomic E-state index is -0.889. The molecule has 0 unspecified atom stereocenters. The number of carboxylic acids is 1. The van der Waals surface area contributed by atoms with E-state index in [1.807, 2.05) is 38.1 Å². The minimum Gasteiger partial charge on any atom is -0.481 e. The van der Waals surface area contributed by atoms with Crippen LogP contribution in [0.3, 0.4) is 0 Å². The zero-order valence-corrected chi connectivity index (χ0v) is 13.4. The number of aryl methyl sites for hydroxylation is 2. The highest BCUT2D eigenvalue weighted by Gasteiger charge is 2.12. The Hall–Kier alpha value is -2.21. The molecule has 0 aliphatic carbocycles. The number of nitrogens with one attached hydrogen (secondary N) is 1. The molecule has 22 heavy (non-hydrogen) atoms. The van der Waals surface area contributed by atoms with Crippen LogP contribution in [0.5, 0.6) is 0 Å². The number of nitrogens with zero attached hydrogens (tertiary/aromatic N) is 1. The highest BCUT2D eigenvalue weighted by atomic mass is 32.1. The van der Waals surface area contributed by atoms with Crippen molar-refractivity contribution in [2.75, 3.05) is 5.32 Å². The van der Waals surface area contributed by atoms with Gasteiger partial charge >= 0.3 is 5.97 Å². The van der Waals surface area contributed by atoms with Crippen LogP contribution >= 0.6 is 11.3 Å². The molecule has 6 heteroatoms. The van der Waals surface area contributed by atoms with E-state index in [2.05, 4.69) is 10.3 Å². The maximum atomic E-state index is 11.8. The van der Waals surface area contributed by atoms with Crippen molar-refractivity contribution >= 4 is 28.3 Å². The molecule has 0 aliphatic heterocycles. The van der Waals surface area contributed by atoms with Gasteiger partial charge in [0, 0.05) is 23.3 Å². The summed E-state index contributed by atoms with van der Waals surface area (Å²) >= 11 is 1.42. The van der Waals surface area contributed by atoms with Crippen LogP contribution in [0.4, 0.5) is 5.13 Å². The van der Waals surface area contributed by atoms with Gasteiger partial charge in [-0.3, -0.25) is 9.59 Å². The average Bonchev–Trinajstić information content (AvgIpc) is 2.80. The first-order valence-electron chi connectivity index (χ1n) is 7.02. The van der Waals surface area contributed by atoms with Gasteiger partial charge in [0.2, 0.25) is 5.91 Å². The third kappa shape index (κ3) is 4.39. The summed E-state index contributed by atoms with van der Waals surface area (Å²) in [5, 5.41) is 11.8. The van der Waals surface area contributed by atoms with E-state index in [1.165, 1.54) is 16.9 Å². The topological polar surface area (TPSA) is 79.3 Å². The molecule has 116 valence electrons. The SMILES string of the molecule is Cc1ccc(-c2nc(NC(=O)CCCC(=O)O)sc2C)cc1. The lowest BCUT2D eigenvalue weighted by Gasteiger charge is -2.00. The maximum Gasteiger partial charge on any atom is 0.303 e. The highest BCUT2D eigenvalue weighted by Crippen LogP contribution is 2.30. The lowest BCUT2D eigenvalue weighted by molar-refractivity contribution is -0.137. The van der Waals surface area contributed by atoms with Crippen LogP contribution in [-0.2, 0) is 9.59 Å². The molecule has 0 saturated heterocycles. The Labute approximate surface area is 133 Å². The number of carboxylic acid groups (broad SMARTS) is 1. The molecule has 0 saturated carbocycles. The molecule has 1 aromatic heterocycles. The fourth-order valence-corrected chi connectivity index (χ4v) is 2.86. The standard InChI is InChI=1S/C16H18N2O3S/c1-10-6-8-12(9-7-10)15-11(2)22-16(18-15)17-13(19)4-3-5-14(20)21/h6-9H,3-5H2,1-2H3,(H,20,21)(H,17,18,19). The van der Waals surface area contributed by atoms with Crippen molar-refractivity contribution < 1.29 is 14.7 Å². The van der Waals surface area contributed by atoms with E-state index in [9.17, 15) is 9.59 Å². The Balaban J connectivity index is 2.02. The van der Waals surface area contributed by atoms with Gasteiger partial charge in [-0.05, 0) is 20.3 Å². The molecule has 0 aliphatic rings. The molecule has 0 bridgehead atoms. The molecular formula is C16H18N2O3S. The quantitative estimate of drug-likeness (QED) is 0.852. The molecule has 1 aromatic carbocycles. The molecular weight excluding hydrogens is 300 g/mol. The number of amides is 1. The Morgan fingerprint density at radius 1 is 1.18 bits per heavy atom. The van der Waals surface area contributed by atoms with Gasteiger partial charge in [-0.2, -0.15) is 0 Å². The normalized spacial score (nSPS) is 10.5. The Kier molecular flexibility index (Phi) is 5.27. The molecule has 0 fully saturated rings. The van der Waals surface area contributed by atoms with Crippen molar-refractivity contribution in [3.05, 3.63) is 34.7 Å². The number of thiazole rings is 1. The lowest BCUT2D eigenvalue weighted by atomic mass is 10.1. The fraction of sp³-hybridized carbons (Fsp3) is 0.312. The second-order valence-electron chi connectivity index (χ2n) is 5.09. The monoisotopic (exact) mass is 318 g/mol. The highest BCUT2D eigenvalue weighted by molar-refractivity contribution is 7.16. The predicted molar refractivity (Wildman–Crippen MR) is 87.1 cm³/mol. The summed E-state index contributed by atoms with van der Waals surface area (Å²) in [6.45, 7) is 3.99. The summed E-state index contributed by atoms with van der Waals surface area (Å²) in [6.07, 6.45) is 0.514. The van der Waals surface area contributed by atoms with Crippen LogP contribution in [0.15, 0.2) is 24.3 Å². The van der Waals surface area contributed by atoms with E-state index in [1.54, 1.807) is 0 Å². The smallest absolute Gasteiger partial charge is 0.303 e. The first-order chi connectivity index (χ1) is 10.5. The third-order valence-electron chi connectivity index (χ3n) is 3.16. The van der Waals surface area contributed by atoms with Gasteiger partial charge in [-0.25, -0.2) is 4.98 Å². The molecule has 0 radical (unpaired) electrons. The number of rotatable bonds is 6. The van der Waals surface area contributed by atoms with Gasteiger partial charge in [-0.15, -0.1) is 11.3 Å². The van der Waals surface area contributed by atoms with E-state index < -0.39 is 5.97 Å². The van der Waals surface area contributed by atoms with Crippen molar-refractivity contribution in [1.29, 1.82) is 0 Å². The Bertz CT molecular complexity index is 677. The zero-order chi connectivity index (χ0) is 16.1. The Morgan fingerprint density at radius 2 is 1.86 bits per heavy atom.